The highest BCUT2D eigenvalue weighted by atomic mass is 19.1. The van der Waals surface area contributed by atoms with Crippen LogP contribution in [0.4, 0.5) is 10.1 Å². The van der Waals surface area contributed by atoms with Crippen LogP contribution in [0.25, 0.3) is 0 Å². The van der Waals surface area contributed by atoms with Gasteiger partial charge in [0.05, 0.1) is 6.61 Å². The second kappa shape index (κ2) is 8.10. The van der Waals surface area contributed by atoms with Gasteiger partial charge >= 0.3 is 5.97 Å². The number of hydrogen-bond acceptors (Lipinski definition) is 4. The van der Waals surface area contributed by atoms with Crippen LogP contribution in [0.5, 0.6) is 5.75 Å². The van der Waals surface area contributed by atoms with Gasteiger partial charge in [0.1, 0.15) is 11.6 Å². The van der Waals surface area contributed by atoms with Gasteiger partial charge in [-0.2, -0.15) is 0 Å². The predicted octanol–water partition coefficient (Wildman–Crippen LogP) is 3.33. The Morgan fingerprint density at radius 1 is 1.17 bits per heavy atom. The van der Waals surface area contributed by atoms with Crippen LogP contribution in [0, 0.1) is 12.7 Å². The number of esters is 1. The Hall–Kier alpha value is -2.89. The van der Waals surface area contributed by atoms with Crippen molar-refractivity contribution in [3.63, 3.8) is 0 Å². The molecule has 0 aliphatic carbocycles. The van der Waals surface area contributed by atoms with Gasteiger partial charge in [-0.1, -0.05) is 12.1 Å². The Morgan fingerprint density at radius 2 is 1.96 bits per heavy atom. The molecule has 0 saturated heterocycles. The van der Waals surface area contributed by atoms with Crippen molar-refractivity contribution in [2.75, 3.05) is 18.5 Å². The summed E-state index contributed by atoms with van der Waals surface area (Å²) in [5, 5.41) is 2.66. The topological polar surface area (TPSA) is 64.6 Å². The number of halogens is 1. The maximum Gasteiger partial charge on any atom is 0.344 e. The summed E-state index contributed by atoms with van der Waals surface area (Å²) in [6.07, 6.45) is 0. The normalized spacial score (nSPS) is 10.1. The fourth-order valence-electron chi connectivity index (χ4n) is 1.95. The predicted molar refractivity (Wildman–Crippen MR) is 87.7 cm³/mol. The average Bonchev–Trinajstić information content (AvgIpc) is 2.56. The Kier molecular flexibility index (Phi) is 5.89. The minimum Gasteiger partial charge on any atom is -0.482 e. The van der Waals surface area contributed by atoms with Crippen LogP contribution >= 0.6 is 0 Å². The third-order valence-corrected chi connectivity index (χ3v) is 3.19. The van der Waals surface area contributed by atoms with Gasteiger partial charge in [-0.15, -0.1) is 0 Å². The smallest absolute Gasteiger partial charge is 0.344 e. The van der Waals surface area contributed by atoms with Gasteiger partial charge in [0.2, 0.25) is 0 Å². The molecule has 126 valence electrons. The third-order valence-electron chi connectivity index (χ3n) is 3.19. The molecule has 0 unspecified atom stereocenters. The van der Waals surface area contributed by atoms with Crippen molar-refractivity contribution in [3.8, 4) is 5.75 Å². The molecule has 0 aliphatic heterocycles. The first-order valence-electron chi connectivity index (χ1n) is 7.45. The molecule has 1 amide bonds. The van der Waals surface area contributed by atoms with Crippen LogP contribution in [0.3, 0.4) is 0 Å². The summed E-state index contributed by atoms with van der Waals surface area (Å²) in [7, 11) is 0. The molecule has 0 saturated carbocycles. The van der Waals surface area contributed by atoms with E-state index in [2.05, 4.69) is 5.32 Å². The number of ether oxygens (including phenoxy) is 2. The molecule has 2 aromatic rings. The highest BCUT2D eigenvalue weighted by Crippen LogP contribution is 2.19. The molecule has 0 aromatic heterocycles. The van der Waals surface area contributed by atoms with Gasteiger partial charge in [-0.05, 0) is 43.7 Å². The molecule has 0 radical (unpaired) electrons. The molecule has 2 rings (SSSR count). The number of hydrogen-bond donors (Lipinski definition) is 1. The second-order valence-electron chi connectivity index (χ2n) is 5.04. The van der Waals surface area contributed by atoms with Crippen molar-refractivity contribution in [2.24, 2.45) is 0 Å². The lowest BCUT2D eigenvalue weighted by atomic mass is 10.1. The van der Waals surface area contributed by atoms with E-state index in [9.17, 15) is 14.0 Å². The average molecular weight is 331 g/mol. The minimum atomic E-state index is -0.470. The standard InChI is InChI=1S/C18H18FNO4/c1-3-23-17(21)11-24-15-6-4-5-14(10-15)20-18(22)13-8-7-12(2)16(19)9-13/h4-10H,3,11H2,1-2H3,(H,20,22). The zero-order valence-corrected chi connectivity index (χ0v) is 13.5. The fraction of sp³-hybridized carbons (Fsp3) is 0.222. The number of carbonyl (C=O) groups is 2. The van der Waals surface area contributed by atoms with E-state index in [0.29, 0.717) is 17.0 Å². The molecule has 6 heteroatoms. The quantitative estimate of drug-likeness (QED) is 0.825. The zero-order chi connectivity index (χ0) is 17.5. The molecule has 0 heterocycles. The van der Waals surface area contributed by atoms with E-state index in [4.69, 9.17) is 9.47 Å². The van der Waals surface area contributed by atoms with Crippen molar-refractivity contribution < 1.29 is 23.5 Å². The molecule has 2 aromatic carbocycles. The molecule has 1 N–H and O–H groups in total. The SMILES string of the molecule is CCOC(=O)COc1cccc(NC(=O)c2ccc(C)c(F)c2)c1. The largest absolute Gasteiger partial charge is 0.482 e. The number of anilines is 1. The summed E-state index contributed by atoms with van der Waals surface area (Å²) in [4.78, 5) is 23.4. The van der Waals surface area contributed by atoms with E-state index in [1.165, 1.54) is 6.07 Å². The number of nitrogens with one attached hydrogen (secondary N) is 1. The maximum absolute atomic E-state index is 13.5. The summed E-state index contributed by atoms with van der Waals surface area (Å²) in [5.41, 5.74) is 1.17. The van der Waals surface area contributed by atoms with E-state index in [-0.39, 0.29) is 18.8 Å². The molecule has 0 atom stereocenters. The second-order valence-corrected chi connectivity index (χ2v) is 5.04. The van der Waals surface area contributed by atoms with E-state index in [1.54, 1.807) is 50.2 Å². The first-order chi connectivity index (χ1) is 11.5. The van der Waals surface area contributed by atoms with Crippen LogP contribution in [0.2, 0.25) is 0 Å². The number of rotatable bonds is 6. The number of amides is 1. The van der Waals surface area contributed by atoms with E-state index in [0.717, 1.165) is 0 Å². The lowest BCUT2D eigenvalue weighted by Crippen LogP contribution is -2.15. The number of carbonyl (C=O) groups excluding carboxylic acids is 2. The monoisotopic (exact) mass is 331 g/mol. The van der Waals surface area contributed by atoms with Crippen LogP contribution in [-0.2, 0) is 9.53 Å². The Balaban J connectivity index is 2.01. The van der Waals surface area contributed by atoms with Crippen molar-refractivity contribution in [2.45, 2.75) is 13.8 Å². The van der Waals surface area contributed by atoms with Gasteiger partial charge < -0.3 is 14.8 Å². The first kappa shape index (κ1) is 17.5. The molecule has 24 heavy (non-hydrogen) atoms. The first-order valence-corrected chi connectivity index (χ1v) is 7.45. The van der Waals surface area contributed by atoms with Crippen LogP contribution in [0.1, 0.15) is 22.8 Å². The van der Waals surface area contributed by atoms with Gasteiger partial charge in [0.25, 0.3) is 5.91 Å². The molecule has 0 bridgehead atoms. The summed E-state index contributed by atoms with van der Waals surface area (Å²) < 4.78 is 23.6. The van der Waals surface area contributed by atoms with E-state index in [1.807, 2.05) is 0 Å². The summed E-state index contributed by atoms with van der Waals surface area (Å²) in [6, 6.07) is 10.8. The lowest BCUT2D eigenvalue weighted by molar-refractivity contribution is -0.145. The summed E-state index contributed by atoms with van der Waals surface area (Å²) in [5.74, 6) is -0.927. The van der Waals surface area contributed by atoms with Gasteiger partial charge in [0.15, 0.2) is 6.61 Å². The van der Waals surface area contributed by atoms with Crippen LogP contribution < -0.4 is 10.1 Å². The molecule has 0 aliphatic rings. The number of aryl methyl sites for hydroxylation is 1. The van der Waals surface area contributed by atoms with Crippen LogP contribution in [-0.4, -0.2) is 25.1 Å². The molecule has 5 nitrogen and oxygen atoms in total. The lowest BCUT2D eigenvalue weighted by Gasteiger charge is -2.09. The van der Waals surface area contributed by atoms with Crippen molar-refractivity contribution >= 4 is 17.6 Å². The summed E-state index contributed by atoms with van der Waals surface area (Å²) >= 11 is 0. The van der Waals surface area contributed by atoms with E-state index >= 15 is 0 Å². The number of benzene rings is 2. The minimum absolute atomic E-state index is 0.214. The highest BCUT2D eigenvalue weighted by molar-refractivity contribution is 6.04. The van der Waals surface area contributed by atoms with Crippen molar-refractivity contribution in [1.82, 2.24) is 0 Å². The molecular weight excluding hydrogens is 313 g/mol. The fourth-order valence-corrected chi connectivity index (χ4v) is 1.95. The van der Waals surface area contributed by atoms with Crippen LogP contribution in [0.15, 0.2) is 42.5 Å². The highest BCUT2D eigenvalue weighted by Gasteiger charge is 2.09. The van der Waals surface area contributed by atoms with Gasteiger partial charge in [-0.25, -0.2) is 9.18 Å². The Bertz CT molecular complexity index is 746. The zero-order valence-electron chi connectivity index (χ0n) is 13.5. The van der Waals surface area contributed by atoms with Gasteiger partial charge in [-0.3, -0.25) is 4.79 Å². The van der Waals surface area contributed by atoms with Crippen molar-refractivity contribution in [3.05, 3.63) is 59.4 Å². The third kappa shape index (κ3) is 4.81. The maximum atomic E-state index is 13.5. The van der Waals surface area contributed by atoms with Crippen molar-refractivity contribution in [1.29, 1.82) is 0 Å². The van der Waals surface area contributed by atoms with E-state index < -0.39 is 17.7 Å². The molecule has 0 spiro atoms. The molecule has 0 fully saturated rings. The Morgan fingerprint density at radius 3 is 2.67 bits per heavy atom. The summed E-state index contributed by atoms with van der Waals surface area (Å²) in [6.45, 7) is 3.41. The Labute approximate surface area is 139 Å². The molecular formula is C18H18FNO4. The van der Waals surface area contributed by atoms with Gasteiger partial charge in [0, 0.05) is 17.3 Å².